The smallest absolute Gasteiger partial charge is 0.178 e. The van der Waals surface area contributed by atoms with Crippen LogP contribution in [-0.2, 0) is 6.54 Å². The van der Waals surface area contributed by atoms with Gasteiger partial charge in [0.15, 0.2) is 4.77 Å². The van der Waals surface area contributed by atoms with Gasteiger partial charge in [0.1, 0.15) is 12.4 Å². The van der Waals surface area contributed by atoms with E-state index in [1.54, 1.807) is 0 Å². The van der Waals surface area contributed by atoms with Crippen LogP contribution in [0.25, 0.3) is 11.0 Å². The summed E-state index contributed by atoms with van der Waals surface area (Å²) in [5, 5.41) is 0. The molecular weight excluding hydrogens is 280 g/mol. The number of para-hydroxylation sites is 2. The number of fused-ring (bicyclic) bond motifs is 1. The van der Waals surface area contributed by atoms with Crippen LogP contribution in [0.4, 0.5) is 0 Å². The largest absolute Gasteiger partial charge is 0.491 e. The maximum atomic E-state index is 5.89. The Kier molecular flexibility index (Phi) is 3.80. The zero-order chi connectivity index (χ0) is 14.8. The number of benzene rings is 2. The van der Waals surface area contributed by atoms with Crippen LogP contribution in [-0.4, -0.2) is 16.2 Å². The number of rotatable bonds is 4. The van der Waals surface area contributed by atoms with Gasteiger partial charge in [-0.1, -0.05) is 29.8 Å². The van der Waals surface area contributed by atoms with Crippen LogP contribution in [0, 0.1) is 18.6 Å². The third-order valence-corrected chi connectivity index (χ3v) is 3.91. The van der Waals surface area contributed by atoms with Crippen LogP contribution < -0.4 is 4.74 Å². The fraction of sp³-hybridized carbons (Fsp3) is 0.235. The summed E-state index contributed by atoms with van der Waals surface area (Å²) in [5.74, 6) is 0.937. The van der Waals surface area contributed by atoms with Gasteiger partial charge in [0, 0.05) is 0 Å². The molecule has 0 saturated carbocycles. The van der Waals surface area contributed by atoms with E-state index in [-0.39, 0.29) is 0 Å². The number of hydrogen-bond donors (Lipinski definition) is 1. The molecule has 0 bridgehead atoms. The predicted octanol–water partition coefficient (Wildman–Crippen LogP) is 4.39. The third kappa shape index (κ3) is 2.85. The van der Waals surface area contributed by atoms with Gasteiger partial charge in [0.25, 0.3) is 0 Å². The zero-order valence-electron chi connectivity index (χ0n) is 12.2. The molecule has 0 aliphatic rings. The number of hydrogen-bond acceptors (Lipinski definition) is 2. The molecule has 0 saturated heterocycles. The Morgan fingerprint density at radius 3 is 2.76 bits per heavy atom. The Hall–Kier alpha value is -2.07. The molecule has 3 nitrogen and oxygen atoms in total. The van der Waals surface area contributed by atoms with Gasteiger partial charge in [-0.2, -0.15) is 0 Å². The van der Waals surface area contributed by atoms with Crippen LogP contribution >= 0.6 is 12.2 Å². The number of H-pyrrole nitrogens is 1. The average molecular weight is 298 g/mol. The summed E-state index contributed by atoms with van der Waals surface area (Å²) in [7, 11) is 0. The van der Waals surface area contributed by atoms with Gasteiger partial charge in [-0.05, 0) is 49.8 Å². The SMILES string of the molecule is Cc1ccc(OCCn2c(=S)[nH]c3ccccc32)c(C)c1. The second-order valence-corrected chi connectivity index (χ2v) is 5.60. The van der Waals surface area contributed by atoms with E-state index >= 15 is 0 Å². The number of nitrogens with zero attached hydrogens (tertiary/aromatic N) is 1. The first kappa shape index (κ1) is 13.9. The standard InChI is InChI=1S/C17H18N2OS/c1-12-7-8-16(13(2)11-12)20-10-9-19-15-6-4-3-5-14(15)18-17(19)21/h3-8,11H,9-10H2,1-2H3,(H,18,21). The van der Waals surface area contributed by atoms with Crippen molar-refractivity contribution < 1.29 is 4.74 Å². The van der Waals surface area contributed by atoms with Crippen molar-refractivity contribution in [1.29, 1.82) is 0 Å². The monoisotopic (exact) mass is 298 g/mol. The molecular formula is C17H18N2OS. The van der Waals surface area contributed by atoms with Crippen molar-refractivity contribution in [3.8, 4) is 5.75 Å². The molecule has 0 radical (unpaired) electrons. The maximum Gasteiger partial charge on any atom is 0.178 e. The summed E-state index contributed by atoms with van der Waals surface area (Å²) >= 11 is 5.38. The van der Waals surface area contributed by atoms with Gasteiger partial charge in [0.05, 0.1) is 17.6 Å². The Bertz CT molecular complexity index is 832. The van der Waals surface area contributed by atoms with Gasteiger partial charge >= 0.3 is 0 Å². The van der Waals surface area contributed by atoms with Crippen LogP contribution in [0.3, 0.4) is 0 Å². The topological polar surface area (TPSA) is 29.9 Å². The van der Waals surface area contributed by atoms with E-state index in [1.807, 2.05) is 24.3 Å². The molecule has 3 aromatic rings. The molecule has 0 aliphatic carbocycles. The van der Waals surface area contributed by atoms with Crippen LogP contribution in [0.15, 0.2) is 42.5 Å². The molecule has 1 heterocycles. The van der Waals surface area contributed by atoms with Crippen LogP contribution in [0.5, 0.6) is 5.75 Å². The highest BCUT2D eigenvalue weighted by Gasteiger charge is 2.04. The molecule has 0 spiro atoms. The van der Waals surface area contributed by atoms with Crippen molar-refractivity contribution in [2.24, 2.45) is 0 Å². The molecule has 0 amide bonds. The van der Waals surface area contributed by atoms with Crippen LogP contribution in [0.1, 0.15) is 11.1 Å². The molecule has 2 aromatic carbocycles. The maximum absolute atomic E-state index is 5.89. The van der Waals surface area contributed by atoms with Gasteiger partial charge in [0.2, 0.25) is 0 Å². The molecule has 3 rings (SSSR count). The first-order valence-corrected chi connectivity index (χ1v) is 7.43. The minimum absolute atomic E-state index is 0.597. The van der Waals surface area contributed by atoms with E-state index in [9.17, 15) is 0 Å². The first-order chi connectivity index (χ1) is 10.1. The van der Waals surface area contributed by atoms with Crippen molar-refractivity contribution in [1.82, 2.24) is 9.55 Å². The lowest BCUT2D eigenvalue weighted by Crippen LogP contribution is -2.08. The number of aromatic amines is 1. The highest BCUT2D eigenvalue weighted by molar-refractivity contribution is 7.71. The molecule has 108 valence electrons. The number of nitrogens with one attached hydrogen (secondary N) is 1. The molecule has 21 heavy (non-hydrogen) atoms. The summed E-state index contributed by atoms with van der Waals surface area (Å²) in [6.07, 6.45) is 0. The normalized spacial score (nSPS) is 11.0. The molecule has 0 aliphatic heterocycles. The highest BCUT2D eigenvalue weighted by Crippen LogP contribution is 2.19. The Labute approximate surface area is 129 Å². The van der Waals surface area contributed by atoms with Crippen molar-refractivity contribution in [3.05, 3.63) is 58.4 Å². The number of imidazole rings is 1. The van der Waals surface area contributed by atoms with Gasteiger partial charge in [-0.25, -0.2) is 0 Å². The van der Waals surface area contributed by atoms with Crippen molar-refractivity contribution in [2.75, 3.05) is 6.61 Å². The summed E-state index contributed by atoms with van der Waals surface area (Å²) in [6.45, 7) is 5.48. The number of aryl methyl sites for hydroxylation is 2. The number of aromatic nitrogens is 2. The molecule has 0 unspecified atom stereocenters. The zero-order valence-corrected chi connectivity index (χ0v) is 13.0. The molecule has 1 N–H and O–H groups in total. The second-order valence-electron chi connectivity index (χ2n) is 5.22. The van der Waals surface area contributed by atoms with E-state index in [1.165, 1.54) is 5.56 Å². The predicted molar refractivity (Wildman–Crippen MR) is 88.5 cm³/mol. The fourth-order valence-electron chi connectivity index (χ4n) is 2.54. The Balaban J connectivity index is 1.75. The molecule has 1 aromatic heterocycles. The third-order valence-electron chi connectivity index (χ3n) is 3.58. The van der Waals surface area contributed by atoms with Gasteiger partial charge in [-0.15, -0.1) is 0 Å². The quantitative estimate of drug-likeness (QED) is 0.724. The van der Waals surface area contributed by atoms with E-state index < -0.39 is 0 Å². The van der Waals surface area contributed by atoms with E-state index in [2.05, 4.69) is 41.6 Å². The Morgan fingerprint density at radius 2 is 1.95 bits per heavy atom. The van der Waals surface area contributed by atoms with Gasteiger partial charge in [-0.3, -0.25) is 0 Å². The van der Waals surface area contributed by atoms with Gasteiger partial charge < -0.3 is 14.3 Å². The molecule has 4 heteroatoms. The van der Waals surface area contributed by atoms with E-state index in [4.69, 9.17) is 17.0 Å². The fourth-order valence-corrected chi connectivity index (χ4v) is 2.84. The highest BCUT2D eigenvalue weighted by atomic mass is 32.1. The summed E-state index contributed by atoms with van der Waals surface area (Å²) in [5.41, 5.74) is 4.59. The number of ether oxygens (including phenoxy) is 1. The minimum atomic E-state index is 0.597. The summed E-state index contributed by atoms with van der Waals surface area (Å²) < 4.78 is 8.70. The lowest BCUT2D eigenvalue weighted by molar-refractivity contribution is 0.297. The van der Waals surface area contributed by atoms with Crippen molar-refractivity contribution in [2.45, 2.75) is 20.4 Å². The average Bonchev–Trinajstić information content (AvgIpc) is 2.77. The van der Waals surface area contributed by atoms with Crippen molar-refractivity contribution >= 4 is 23.3 Å². The first-order valence-electron chi connectivity index (χ1n) is 7.03. The van der Waals surface area contributed by atoms with E-state index in [0.29, 0.717) is 6.61 Å². The molecule has 0 atom stereocenters. The lowest BCUT2D eigenvalue weighted by Gasteiger charge is -2.10. The van der Waals surface area contributed by atoms with Crippen molar-refractivity contribution in [3.63, 3.8) is 0 Å². The Morgan fingerprint density at radius 1 is 1.14 bits per heavy atom. The lowest BCUT2D eigenvalue weighted by atomic mass is 10.1. The summed E-state index contributed by atoms with van der Waals surface area (Å²) in [6, 6.07) is 14.4. The van der Waals surface area contributed by atoms with Crippen LogP contribution in [0.2, 0.25) is 0 Å². The van der Waals surface area contributed by atoms with E-state index in [0.717, 1.165) is 33.7 Å². The minimum Gasteiger partial charge on any atom is -0.491 e. The summed E-state index contributed by atoms with van der Waals surface area (Å²) in [4.78, 5) is 3.22. The second kappa shape index (κ2) is 5.74. The molecule has 0 fully saturated rings.